The first-order valence-corrected chi connectivity index (χ1v) is 7.33. The van der Waals surface area contributed by atoms with Crippen molar-refractivity contribution in [2.45, 2.75) is 19.3 Å². The molecule has 1 unspecified atom stereocenters. The largest absolute Gasteiger partial charge is 0.491 e. The van der Waals surface area contributed by atoms with Gasteiger partial charge in [0.05, 0.1) is 11.0 Å². The summed E-state index contributed by atoms with van der Waals surface area (Å²) in [5, 5.41) is 20.8. The average Bonchev–Trinajstić information content (AvgIpc) is 2.56. The fraction of sp³-hybridized carbons (Fsp3) is 0.600. The van der Waals surface area contributed by atoms with Gasteiger partial charge in [-0.05, 0) is 12.6 Å². The molecule has 23 heavy (non-hydrogen) atoms. The van der Waals surface area contributed by atoms with Crippen LogP contribution in [-0.2, 0) is 9.47 Å². The molecule has 0 aliphatic rings. The van der Waals surface area contributed by atoms with E-state index in [0.717, 1.165) is 6.54 Å². The smallest absolute Gasteiger partial charge is 0.273 e. The fourth-order valence-electron chi connectivity index (χ4n) is 2.02. The molecule has 130 valence electrons. The lowest BCUT2D eigenvalue weighted by Gasteiger charge is -2.26. The van der Waals surface area contributed by atoms with Crippen molar-refractivity contribution in [1.82, 2.24) is 4.90 Å². The van der Waals surface area contributed by atoms with Gasteiger partial charge < -0.3 is 19.3 Å². The van der Waals surface area contributed by atoms with Gasteiger partial charge in [0.1, 0.15) is 18.5 Å². The van der Waals surface area contributed by atoms with Crippen LogP contribution < -0.4 is 4.74 Å². The van der Waals surface area contributed by atoms with Crippen LogP contribution in [0.15, 0.2) is 24.3 Å². The molecule has 0 aliphatic carbocycles. The zero-order valence-corrected chi connectivity index (χ0v) is 13.7. The van der Waals surface area contributed by atoms with Crippen LogP contribution in [0.2, 0.25) is 0 Å². The molecule has 0 bridgehead atoms. The highest BCUT2D eigenvalue weighted by molar-refractivity contribution is 5.37. The summed E-state index contributed by atoms with van der Waals surface area (Å²) >= 11 is 0. The molecule has 0 fully saturated rings. The highest BCUT2D eigenvalue weighted by atomic mass is 16.7. The van der Waals surface area contributed by atoms with Gasteiger partial charge >= 0.3 is 0 Å². The van der Waals surface area contributed by atoms with E-state index in [1.54, 1.807) is 26.4 Å². The van der Waals surface area contributed by atoms with Gasteiger partial charge in [-0.25, -0.2) is 0 Å². The minimum atomic E-state index is -0.733. The summed E-state index contributed by atoms with van der Waals surface area (Å²) in [6, 6.07) is 5.87. The minimum absolute atomic E-state index is 0.0439. The Balaban J connectivity index is 2.47. The maximum Gasteiger partial charge on any atom is 0.273 e. The zero-order chi connectivity index (χ0) is 17.2. The summed E-state index contributed by atoms with van der Waals surface area (Å²) in [6.45, 7) is 3.64. The Bertz CT molecular complexity index is 481. The van der Waals surface area contributed by atoms with Crippen molar-refractivity contribution >= 4 is 5.69 Å². The molecule has 8 nitrogen and oxygen atoms in total. The monoisotopic (exact) mass is 328 g/mol. The first kappa shape index (κ1) is 19.3. The molecule has 1 rings (SSSR count). The van der Waals surface area contributed by atoms with Gasteiger partial charge in [0.25, 0.3) is 5.69 Å². The van der Waals surface area contributed by atoms with Crippen LogP contribution in [-0.4, -0.2) is 67.8 Å². The van der Waals surface area contributed by atoms with E-state index in [4.69, 9.17) is 14.2 Å². The third kappa shape index (κ3) is 6.91. The van der Waals surface area contributed by atoms with Crippen molar-refractivity contribution in [2.75, 3.05) is 40.5 Å². The van der Waals surface area contributed by atoms with Crippen molar-refractivity contribution in [1.29, 1.82) is 0 Å². The first-order chi connectivity index (χ1) is 11.0. The molecule has 0 heterocycles. The van der Waals surface area contributed by atoms with Crippen LogP contribution in [0.25, 0.3) is 0 Å². The highest BCUT2D eigenvalue weighted by Crippen LogP contribution is 2.19. The van der Waals surface area contributed by atoms with Crippen LogP contribution in [0.4, 0.5) is 5.69 Å². The Labute approximate surface area is 135 Å². The third-order valence-electron chi connectivity index (χ3n) is 3.32. The van der Waals surface area contributed by atoms with E-state index in [0.29, 0.717) is 18.8 Å². The van der Waals surface area contributed by atoms with Gasteiger partial charge in [-0.15, -0.1) is 0 Å². The Kier molecular flexibility index (Phi) is 8.49. The summed E-state index contributed by atoms with van der Waals surface area (Å²) in [5.41, 5.74) is -0.0461. The Hall–Kier alpha value is -1.74. The molecule has 0 spiro atoms. The lowest BCUT2D eigenvalue weighted by molar-refractivity contribution is -0.384. The molecule has 1 atom stereocenters. The van der Waals surface area contributed by atoms with Gasteiger partial charge in [-0.2, -0.15) is 0 Å². The van der Waals surface area contributed by atoms with E-state index in [2.05, 4.69) is 0 Å². The van der Waals surface area contributed by atoms with E-state index in [9.17, 15) is 15.2 Å². The van der Waals surface area contributed by atoms with Crippen LogP contribution in [0.5, 0.6) is 5.75 Å². The number of rotatable bonds is 11. The van der Waals surface area contributed by atoms with Gasteiger partial charge in [-0.1, -0.05) is 13.0 Å². The standard InChI is InChI=1S/C15H24N2O6/c1-4-16(10-15(21-2)22-3)9-13(18)11-23-14-7-5-6-12(8-14)17(19)20/h5-8,13,15,18H,4,9-11H2,1-3H3. The molecule has 0 radical (unpaired) electrons. The number of hydrogen-bond donors (Lipinski definition) is 1. The van der Waals surface area contributed by atoms with E-state index in [1.165, 1.54) is 12.1 Å². The van der Waals surface area contributed by atoms with Gasteiger partial charge in [-0.3, -0.25) is 15.0 Å². The lowest BCUT2D eigenvalue weighted by Crippen LogP contribution is -2.40. The number of nitro groups is 1. The Morgan fingerprint density at radius 1 is 1.30 bits per heavy atom. The predicted molar refractivity (Wildman–Crippen MR) is 84.5 cm³/mol. The molecule has 0 aromatic heterocycles. The quantitative estimate of drug-likeness (QED) is 0.371. The molecule has 1 N–H and O–H groups in total. The zero-order valence-electron chi connectivity index (χ0n) is 13.7. The summed E-state index contributed by atoms with van der Waals surface area (Å²) < 4.78 is 15.7. The van der Waals surface area contributed by atoms with E-state index in [1.807, 2.05) is 11.8 Å². The van der Waals surface area contributed by atoms with Gasteiger partial charge in [0, 0.05) is 33.4 Å². The number of nitro benzene ring substituents is 1. The number of likely N-dealkylation sites (N-methyl/N-ethyl adjacent to an activating group) is 1. The number of aliphatic hydroxyl groups is 1. The topological polar surface area (TPSA) is 94.3 Å². The third-order valence-corrected chi connectivity index (χ3v) is 3.32. The number of benzene rings is 1. The van der Waals surface area contributed by atoms with Crippen molar-refractivity contribution < 1.29 is 24.2 Å². The van der Waals surface area contributed by atoms with Crippen molar-refractivity contribution in [3.8, 4) is 5.75 Å². The molecule has 0 saturated heterocycles. The lowest BCUT2D eigenvalue weighted by atomic mass is 10.3. The van der Waals surface area contributed by atoms with Crippen LogP contribution in [0.1, 0.15) is 6.92 Å². The maximum atomic E-state index is 10.7. The molecule has 0 saturated carbocycles. The summed E-state index contributed by atoms with van der Waals surface area (Å²) in [6.07, 6.45) is -1.09. The van der Waals surface area contributed by atoms with Gasteiger partial charge in [0.2, 0.25) is 0 Å². The van der Waals surface area contributed by atoms with Crippen LogP contribution in [0.3, 0.4) is 0 Å². The highest BCUT2D eigenvalue weighted by Gasteiger charge is 2.16. The normalized spacial score (nSPS) is 12.6. The summed E-state index contributed by atoms with van der Waals surface area (Å²) in [5.74, 6) is 0.355. The Morgan fingerprint density at radius 3 is 2.57 bits per heavy atom. The second kappa shape index (κ2) is 10.1. The number of hydrogen-bond acceptors (Lipinski definition) is 7. The molecule has 0 aliphatic heterocycles. The van der Waals surface area contributed by atoms with Crippen LogP contribution >= 0.6 is 0 Å². The SMILES string of the molecule is CCN(CC(O)COc1cccc([N+](=O)[O-])c1)CC(OC)OC. The number of ether oxygens (including phenoxy) is 3. The molecule has 1 aromatic carbocycles. The summed E-state index contributed by atoms with van der Waals surface area (Å²) in [7, 11) is 3.12. The number of aliphatic hydroxyl groups excluding tert-OH is 1. The number of methoxy groups -OCH3 is 2. The number of nitrogens with zero attached hydrogens (tertiary/aromatic N) is 2. The van der Waals surface area contributed by atoms with E-state index < -0.39 is 11.0 Å². The second-order valence-corrected chi connectivity index (χ2v) is 4.97. The minimum Gasteiger partial charge on any atom is -0.491 e. The van der Waals surface area contributed by atoms with Crippen molar-refractivity contribution in [2.24, 2.45) is 0 Å². The second-order valence-electron chi connectivity index (χ2n) is 4.97. The molecular weight excluding hydrogens is 304 g/mol. The summed E-state index contributed by atoms with van der Waals surface area (Å²) in [4.78, 5) is 12.2. The average molecular weight is 328 g/mol. The van der Waals surface area contributed by atoms with Gasteiger partial charge in [0.15, 0.2) is 6.29 Å². The Morgan fingerprint density at radius 2 is 2.00 bits per heavy atom. The van der Waals surface area contributed by atoms with Crippen molar-refractivity contribution in [3.05, 3.63) is 34.4 Å². The molecule has 1 aromatic rings. The fourth-order valence-corrected chi connectivity index (χ4v) is 2.02. The predicted octanol–water partition coefficient (Wildman–Crippen LogP) is 1.28. The van der Waals surface area contributed by atoms with Crippen LogP contribution in [0, 0.1) is 10.1 Å². The number of non-ortho nitro benzene ring substituents is 1. The maximum absolute atomic E-state index is 10.7. The molecular formula is C15H24N2O6. The van der Waals surface area contributed by atoms with Crippen molar-refractivity contribution in [3.63, 3.8) is 0 Å². The molecule has 8 heteroatoms. The van der Waals surface area contributed by atoms with E-state index in [-0.39, 0.29) is 18.6 Å². The molecule has 0 amide bonds. The first-order valence-electron chi connectivity index (χ1n) is 7.33. The van der Waals surface area contributed by atoms with E-state index >= 15 is 0 Å².